The summed E-state index contributed by atoms with van der Waals surface area (Å²) in [7, 11) is 0. The molecule has 0 saturated carbocycles. The van der Waals surface area contributed by atoms with Crippen LogP contribution in [0.4, 0.5) is 5.69 Å². The summed E-state index contributed by atoms with van der Waals surface area (Å²) in [6.45, 7) is 0. The predicted octanol–water partition coefficient (Wildman–Crippen LogP) is 4.57. The number of benzene rings is 2. The van der Waals surface area contributed by atoms with E-state index < -0.39 is 0 Å². The molecule has 0 saturated heterocycles. The molecule has 0 radical (unpaired) electrons. The SMILES string of the molecule is Nc1c(-c2ccc(Br)cc2)oc2ccc(Br)cc2c1=O. The van der Waals surface area contributed by atoms with Crippen LogP contribution < -0.4 is 11.2 Å². The fourth-order valence-corrected chi connectivity index (χ4v) is 2.62. The number of hydrogen-bond donors (Lipinski definition) is 1. The Labute approximate surface area is 131 Å². The molecule has 0 aliphatic rings. The van der Waals surface area contributed by atoms with Crippen molar-refractivity contribution in [3.05, 3.63) is 61.6 Å². The zero-order valence-corrected chi connectivity index (χ0v) is 13.4. The van der Waals surface area contributed by atoms with Crippen molar-refractivity contribution in [1.82, 2.24) is 0 Å². The van der Waals surface area contributed by atoms with Crippen LogP contribution in [0.5, 0.6) is 0 Å². The van der Waals surface area contributed by atoms with Gasteiger partial charge in [0, 0.05) is 14.5 Å². The molecule has 3 aromatic rings. The maximum atomic E-state index is 12.3. The Morgan fingerprint density at radius 2 is 1.60 bits per heavy atom. The third kappa shape index (κ3) is 2.27. The Hall–Kier alpha value is -1.59. The molecular weight excluding hydrogens is 386 g/mol. The summed E-state index contributed by atoms with van der Waals surface area (Å²) in [5.41, 5.74) is 7.13. The largest absolute Gasteiger partial charge is 0.454 e. The Morgan fingerprint density at radius 1 is 0.950 bits per heavy atom. The van der Waals surface area contributed by atoms with Gasteiger partial charge in [-0.2, -0.15) is 0 Å². The van der Waals surface area contributed by atoms with Crippen molar-refractivity contribution >= 4 is 48.5 Å². The van der Waals surface area contributed by atoms with Gasteiger partial charge in [-0.1, -0.05) is 44.0 Å². The molecule has 1 aromatic heterocycles. The van der Waals surface area contributed by atoms with Crippen LogP contribution in [-0.2, 0) is 0 Å². The number of nitrogen functional groups attached to an aromatic ring is 1. The zero-order valence-electron chi connectivity index (χ0n) is 10.2. The van der Waals surface area contributed by atoms with E-state index in [2.05, 4.69) is 31.9 Å². The number of nitrogens with two attached hydrogens (primary N) is 1. The van der Waals surface area contributed by atoms with E-state index in [1.54, 1.807) is 12.1 Å². The van der Waals surface area contributed by atoms with Crippen LogP contribution in [0, 0.1) is 0 Å². The minimum absolute atomic E-state index is 0.123. The van der Waals surface area contributed by atoms with Crippen LogP contribution in [0.1, 0.15) is 0 Å². The molecular formula is C15H9Br2NO2. The first-order valence-corrected chi connectivity index (χ1v) is 7.42. The van der Waals surface area contributed by atoms with Gasteiger partial charge in [-0.3, -0.25) is 4.79 Å². The van der Waals surface area contributed by atoms with E-state index in [1.807, 2.05) is 30.3 Å². The highest BCUT2D eigenvalue weighted by molar-refractivity contribution is 9.10. The van der Waals surface area contributed by atoms with E-state index in [0.29, 0.717) is 16.7 Å². The van der Waals surface area contributed by atoms with Crippen molar-refractivity contribution in [2.24, 2.45) is 0 Å². The lowest BCUT2D eigenvalue weighted by Gasteiger charge is -2.07. The number of fused-ring (bicyclic) bond motifs is 1. The third-order valence-corrected chi connectivity index (χ3v) is 4.02. The van der Waals surface area contributed by atoms with Gasteiger partial charge in [-0.25, -0.2) is 0 Å². The maximum Gasteiger partial charge on any atom is 0.216 e. The second-order valence-corrected chi connectivity index (χ2v) is 6.15. The lowest BCUT2D eigenvalue weighted by molar-refractivity contribution is 0.621. The van der Waals surface area contributed by atoms with Gasteiger partial charge in [-0.15, -0.1) is 0 Å². The lowest BCUT2D eigenvalue weighted by atomic mass is 10.1. The van der Waals surface area contributed by atoms with E-state index in [1.165, 1.54) is 0 Å². The Kier molecular flexibility index (Phi) is 3.40. The lowest BCUT2D eigenvalue weighted by Crippen LogP contribution is -2.10. The van der Waals surface area contributed by atoms with Crippen molar-refractivity contribution in [2.45, 2.75) is 0 Å². The molecule has 0 spiro atoms. The van der Waals surface area contributed by atoms with Crippen LogP contribution in [0.15, 0.2) is 60.6 Å². The minimum Gasteiger partial charge on any atom is -0.454 e. The van der Waals surface area contributed by atoms with Gasteiger partial charge in [0.25, 0.3) is 0 Å². The van der Waals surface area contributed by atoms with Crippen molar-refractivity contribution in [1.29, 1.82) is 0 Å². The van der Waals surface area contributed by atoms with E-state index in [9.17, 15) is 4.79 Å². The molecule has 0 atom stereocenters. The molecule has 5 heteroatoms. The molecule has 0 bridgehead atoms. The van der Waals surface area contributed by atoms with Crippen molar-refractivity contribution in [2.75, 3.05) is 5.73 Å². The van der Waals surface area contributed by atoms with Crippen LogP contribution >= 0.6 is 31.9 Å². The summed E-state index contributed by atoms with van der Waals surface area (Å²) < 4.78 is 7.56. The summed E-state index contributed by atoms with van der Waals surface area (Å²) in [5, 5.41) is 0.470. The molecule has 2 aromatic carbocycles. The van der Waals surface area contributed by atoms with Gasteiger partial charge in [-0.05, 0) is 30.3 Å². The van der Waals surface area contributed by atoms with Gasteiger partial charge in [0.15, 0.2) is 5.76 Å². The molecule has 3 rings (SSSR count). The average Bonchev–Trinajstić information content (AvgIpc) is 2.44. The number of anilines is 1. The Morgan fingerprint density at radius 3 is 2.30 bits per heavy atom. The van der Waals surface area contributed by atoms with Crippen molar-refractivity contribution in [3.8, 4) is 11.3 Å². The third-order valence-electron chi connectivity index (χ3n) is 2.99. The summed E-state index contributed by atoms with van der Waals surface area (Å²) in [5.74, 6) is 0.400. The molecule has 1 heterocycles. The first kappa shape index (κ1) is 13.4. The normalized spacial score (nSPS) is 10.9. The molecule has 0 aliphatic heterocycles. The Balaban J connectivity index is 2.32. The molecule has 0 fully saturated rings. The first-order valence-electron chi connectivity index (χ1n) is 5.84. The maximum absolute atomic E-state index is 12.3. The molecule has 2 N–H and O–H groups in total. The minimum atomic E-state index is -0.217. The van der Waals surface area contributed by atoms with Gasteiger partial charge in [0.1, 0.15) is 11.3 Å². The van der Waals surface area contributed by atoms with Gasteiger partial charge in [0.2, 0.25) is 5.43 Å². The van der Waals surface area contributed by atoms with E-state index in [-0.39, 0.29) is 11.1 Å². The predicted molar refractivity (Wildman–Crippen MR) is 87.7 cm³/mol. The van der Waals surface area contributed by atoms with E-state index in [0.717, 1.165) is 14.5 Å². The van der Waals surface area contributed by atoms with E-state index >= 15 is 0 Å². The molecule has 3 nitrogen and oxygen atoms in total. The van der Waals surface area contributed by atoms with Gasteiger partial charge < -0.3 is 10.2 Å². The Bertz CT molecular complexity index is 854. The number of hydrogen-bond acceptors (Lipinski definition) is 3. The highest BCUT2D eigenvalue weighted by Crippen LogP contribution is 2.29. The number of halogens is 2. The quantitative estimate of drug-likeness (QED) is 0.657. The summed E-state index contributed by atoms with van der Waals surface area (Å²) >= 11 is 6.71. The summed E-state index contributed by atoms with van der Waals surface area (Å²) in [6.07, 6.45) is 0. The van der Waals surface area contributed by atoms with Crippen LogP contribution in [0.25, 0.3) is 22.3 Å². The standard InChI is InChI=1S/C15H9Br2NO2/c16-9-3-1-8(2-4-9)15-13(18)14(19)11-7-10(17)5-6-12(11)20-15/h1-7H,18H2. The number of rotatable bonds is 1. The molecule has 0 unspecified atom stereocenters. The van der Waals surface area contributed by atoms with Gasteiger partial charge >= 0.3 is 0 Å². The monoisotopic (exact) mass is 393 g/mol. The first-order chi connectivity index (χ1) is 9.56. The fraction of sp³-hybridized carbons (Fsp3) is 0. The van der Waals surface area contributed by atoms with Crippen LogP contribution in [0.2, 0.25) is 0 Å². The van der Waals surface area contributed by atoms with Crippen LogP contribution in [-0.4, -0.2) is 0 Å². The highest BCUT2D eigenvalue weighted by Gasteiger charge is 2.13. The van der Waals surface area contributed by atoms with Crippen LogP contribution in [0.3, 0.4) is 0 Å². The highest BCUT2D eigenvalue weighted by atomic mass is 79.9. The second kappa shape index (κ2) is 5.07. The second-order valence-electron chi connectivity index (χ2n) is 4.32. The topological polar surface area (TPSA) is 56.2 Å². The van der Waals surface area contributed by atoms with E-state index in [4.69, 9.17) is 10.2 Å². The molecule has 20 heavy (non-hydrogen) atoms. The van der Waals surface area contributed by atoms with Crippen molar-refractivity contribution < 1.29 is 4.42 Å². The summed E-state index contributed by atoms with van der Waals surface area (Å²) in [6, 6.07) is 12.7. The molecule has 0 amide bonds. The molecule has 0 aliphatic carbocycles. The molecule has 100 valence electrons. The average molecular weight is 395 g/mol. The fourth-order valence-electron chi connectivity index (χ4n) is 2.00. The van der Waals surface area contributed by atoms with Crippen molar-refractivity contribution in [3.63, 3.8) is 0 Å². The smallest absolute Gasteiger partial charge is 0.216 e. The zero-order chi connectivity index (χ0) is 14.3. The van der Waals surface area contributed by atoms with Gasteiger partial charge in [0.05, 0.1) is 5.39 Å². The summed E-state index contributed by atoms with van der Waals surface area (Å²) in [4.78, 5) is 12.3.